The molecule has 0 saturated heterocycles. The van der Waals surface area contributed by atoms with Gasteiger partial charge in [-0.25, -0.2) is 0 Å². The van der Waals surface area contributed by atoms with Gasteiger partial charge in [-0.2, -0.15) is 0 Å². The van der Waals surface area contributed by atoms with Crippen molar-refractivity contribution in [2.45, 2.75) is 19.8 Å². The molecule has 0 atom stereocenters. The summed E-state index contributed by atoms with van der Waals surface area (Å²) in [4.78, 5) is 10.6. The number of carbonyl (C=O) groups is 1. The number of hydrogen-bond acceptors (Lipinski definition) is 2. The largest absolute Gasteiger partial charge is 0.319 e. The smallest absolute Gasteiger partial charge is 0.134 e. The van der Waals surface area contributed by atoms with Crippen LogP contribution in [0.4, 0.5) is 0 Å². The summed E-state index contributed by atoms with van der Waals surface area (Å²) in [7, 11) is 1.92. The van der Waals surface area contributed by atoms with E-state index in [1.165, 1.54) is 0 Å². The molecule has 1 fully saturated rings. The van der Waals surface area contributed by atoms with Gasteiger partial charge < -0.3 is 5.32 Å². The van der Waals surface area contributed by atoms with E-state index in [1.54, 1.807) is 0 Å². The van der Waals surface area contributed by atoms with E-state index in [1.807, 2.05) is 7.05 Å². The highest BCUT2D eigenvalue weighted by atomic mass is 16.1. The summed E-state index contributed by atoms with van der Waals surface area (Å²) >= 11 is 0. The Balaban J connectivity index is 2.31. The van der Waals surface area contributed by atoms with Crippen LogP contribution < -0.4 is 5.32 Å². The molecule has 52 valence electrons. The molecule has 0 aromatic heterocycles. The van der Waals surface area contributed by atoms with Crippen LogP contribution in [0.1, 0.15) is 19.8 Å². The van der Waals surface area contributed by atoms with E-state index in [9.17, 15) is 4.79 Å². The first-order valence-electron chi connectivity index (χ1n) is 3.33. The number of nitrogens with one attached hydrogen (secondary N) is 1. The van der Waals surface area contributed by atoms with Gasteiger partial charge >= 0.3 is 0 Å². The van der Waals surface area contributed by atoms with Crippen molar-refractivity contribution in [2.75, 3.05) is 13.6 Å². The van der Waals surface area contributed by atoms with Gasteiger partial charge in [0, 0.05) is 19.4 Å². The molecule has 1 aliphatic carbocycles. The van der Waals surface area contributed by atoms with Crippen LogP contribution in [-0.2, 0) is 4.79 Å². The average Bonchev–Trinajstić information content (AvgIpc) is 1.62. The van der Waals surface area contributed by atoms with Crippen molar-refractivity contribution in [3.63, 3.8) is 0 Å². The van der Waals surface area contributed by atoms with Crippen LogP contribution in [0.5, 0.6) is 0 Å². The maximum absolute atomic E-state index is 10.6. The molecule has 0 heterocycles. The Bertz CT molecular complexity index is 123. The fourth-order valence-corrected chi connectivity index (χ4v) is 1.45. The van der Waals surface area contributed by atoms with Gasteiger partial charge in [-0.05, 0) is 12.5 Å². The Kier molecular flexibility index (Phi) is 1.58. The van der Waals surface area contributed by atoms with Crippen LogP contribution in [0.25, 0.3) is 0 Å². The van der Waals surface area contributed by atoms with E-state index in [2.05, 4.69) is 12.2 Å². The maximum atomic E-state index is 10.6. The van der Waals surface area contributed by atoms with Gasteiger partial charge in [-0.15, -0.1) is 0 Å². The first-order chi connectivity index (χ1) is 4.16. The Morgan fingerprint density at radius 3 is 2.56 bits per heavy atom. The van der Waals surface area contributed by atoms with Gasteiger partial charge in [0.2, 0.25) is 0 Å². The lowest BCUT2D eigenvalue weighted by Gasteiger charge is -2.36. The van der Waals surface area contributed by atoms with Crippen molar-refractivity contribution in [2.24, 2.45) is 5.41 Å². The van der Waals surface area contributed by atoms with Crippen LogP contribution >= 0.6 is 0 Å². The molecule has 2 nitrogen and oxygen atoms in total. The van der Waals surface area contributed by atoms with Crippen LogP contribution in [0.2, 0.25) is 0 Å². The maximum Gasteiger partial charge on any atom is 0.134 e. The lowest BCUT2D eigenvalue weighted by Crippen LogP contribution is -2.41. The summed E-state index contributed by atoms with van der Waals surface area (Å²) in [5.74, 6) is 0.410. The van der Waals surface area contributed by atoms with Crippen molar-refractivity contribution in [1.82, 2.24) is 5.32 Å². The van der Waals surface area contributed by atoms with Gasteiger partial charge in [0.15, 0.2) is 0 Å². The molecule has 0 bridgehead atoms. The minimum atomic E-state index is 0.284. The third kappa shape index (κ3) is 1.30. The van der Waals surface area contributed by atoms with Crippen LogP contribution in [0, 0.1) is 5.41 Å². The topological polar surface area (TPSA) is 29.1 Å². The molecule has 0 spiro atoms. The monoisotopic (exact) mass is 127 g/mol. The molecular formula is C7H13NO. The summed E-state index contributed by atoms with van der Waals surface area (Å²) < 4.78 is 0. The predicted molar refractivity (Wildman–Crippen MR) is 36.3 cm³/mol. The van der Waals surface area contributed by atoms with Gasteiger partial charge in [0.1, 0.15) is 5.78 Å². The molecule has 2 heteroatoms. The zero-order valence-corrected chi connectivity index (χ0v) is 6.03. The standard InChI is InChI=1S/C7H13NO/c1-7(5-8-2)3-6(9)4-7/h8H,3-5H2,1-2H3. The van der Waals surface area contributed by atoms with E-state index in [4.69, 9.17) is 0 Å². The summed E-state index contributed by atoms with van der Waals surface area (Å²) in [6, 6.07) is 0. The molecule has 0 amide bonds. The van der Waals surface area contributed by atoms with Crippen LogP contribution in [-0.4, -0.2) is 19.4 Å². The molecule has 1 rings (SSSR count). The molecule has 0 aromatic carbocycles. The average molecular weight is 127 g/mol. The van der Waals surface area contributed by atoms with Crippen molar-refractivity contribution in [1.29, 1.82) is 0 Å². The molecule has 1 N–H and O–H groups in total. The number of hydrogen-bond donors (Lipinski definition) is 1. The van der Waals surface area contributed by atoms with E-state index < -0.39 is 0 Å². The fourth-order valence-electron chi connectivity index (χ4n) is 1.45. The van der Waals surface area contributed by atoms with Crippen LogP contribution in [0.3, 0.4) is 0 Å². The predicted octanol–water partition coefficient (Wildman–Crippen LogP) is 0.575. The molecule has 1 aliphatic rings. The van der Waals surface area contributed by atoms with Crippen molar-refractivity contribution in [3.05, 3.63) is 0 Å². The normalized spacial score (nSPS) is 23.6. The zero-order valence-electron chi connectivity index (χ0n) is 6.03. The molecule has 0 radical (unpaired) electrons. The summed E-state index contributed by atoms with van der Waals surface area (Å²) in [5.41, 5.74) is 0.284. The molecule has 9 heavy (non-hydrogen) atoms. The minimum absolute atomic E-state index is 0.284. The highest BCUT2D eigenvalue weighted by Crippen LogP contribution is 2.36. The second kappa shape index (κ2) is 2.10. The number of carbonyl (C=O) groups excluding carboxylic acids is 1. The number of ketones is 1. The second-order valence-electron chi connectivity index (χ2n) is 3.23. The van der Waals surface area contributed by atoms with Gasteiger partial charge in [-0.3, -0.25) is 4.79 Å². The molecular weight excluding hydrogens is 114 g/mol. The second-order valence-corrected chi connectivity index (χ2v) is 3.23. The summed E-state index contributed by atoms with van der Waals surface area (Å²) in [6.07, 6.45) is 1.54. The van der Waals surface area contributed by atoms with Gasteiger partial charge in [0.25, 0.3) is 0 Å². The Hall–Kier alpha value is -0.370. The number of Topliss-reactive ketones (excluding diaryl/α,β-unsaturated/α-hetero) is 1. The van der Waals surface area contributed by atoms with Gasteiger partial charge in [-0.1, -0.05) is 6.92 Å². The third-order valence-corrected chi connectivity index (χ3v) is 1.85. The van der Waals surface area contributed by atoms with E-state index in [-0.39, 0.29) is 5.41 Å². The Labute approximate surface area is 55.6 Å². The highest BCUT2D eigenvalue weighted by molar-refractivity contribution is 5.86. The first-order valence-corrected chi connectivity index (χ1v) is 3.33. The van der Waals surface area contributed by atoms with Crippen molar-refractivity contribution < 1.29 is 4.79 Å². The highest BCUT2D eigenvalue weighted by Gasteiger charge is 2.37. The SMILES string of the molecule is CNCC1(C)CC(=O)C1. The minimum Gasteiger partial charge on any atom is -0.319 e. The van der Waals surface area contributed by atoms with Crippen molar-refractivity contribution >= 4 is 5.78 Å². The van der Waals surface area contributed by atoms with Gasteiger partial charge in [0.05, 0.1) is 0 Å². The molecule has 0 unspecified atom stereocenters. The molecule has 1 saturated carbocycles. The third-order valence-electron chi connectivity index (χ3n) is 1.85. The van der Waals surface area contributed by atoms with E-state index in [0.29, 0.717) is 5.78 Å². The van der Waals surface area contributed by atoms with E-state index >= 15 is 0 Å². The fraction of sp³-hybridized carbons (Fsp3) is 0.857. The first kappa shape index (κ1) is 6.75. The van der Waals surface area contributed by atoms with Crippen LogP contribution in [0.15, 0.2) is 0 Å². The Morgan fingerprint density at radius 1 is 1.67 bits per heavy atom. The lowest BCUT2D eigenvalue weighted by atomic mass is 9.69. The number of rotatable bonds is 2. The summed E-state index contributed by atoms with van der Waals surface area (Å²) in [6.45, 7) is 3.11. The molecule has 0 aliphatic heterocycles. The molecule has 0 aromatic rings. The zero-order chi connectivity index (χ0) is 6.91. The summed E-state index contributed by atoms with van der Waals surface area (Å²) in [5, 5.41) is 3.08. The van der Waals surface area contributed by atoms with Crippen molar-refractivity contribution in [3.8, 4) is 0 Å². The van der Waals surface area contributed by atoms with E-state index in [0.717, 1.165) is 19.4 Å². The Morgan fingerprint density at radius 2 is 2.22 bits per heavy atom. The quantitative estimate of drug-likeness (QED) is 0.587. The lowest BCUT2D eigenvalue weighted by molar-refractivity contribution is -0.131.